The molecular formula is C19H19FN8O. The molecule has 0 N–H and O–H groups in total. The summed E-state index contributed by atoms with van der Waals surface area (Å²) in [6, 6.07) is 6.06. The predicted octanol–water partition coefficient (Wildman–Crippen LogP) is 1.87. The van der Waals surface area contributed by atoms with Crippen molar-refractivity contribution in [1.29, 1.82) is 0 Å². The molecule has 0 bridgehead atoms. The maximum absolute atomic E-state index is 13.1. The van der Waals surface area contributed by atoms with Gasteiger partial charge in [0.15, 0.2) is 5.65 Å². The van der Waals surface area contributed by atoms with Crippen LogP contribution in [0.3, 0.4) is 0 Å². The van der Waals surface area contributed by atoms with Crippen LogP contribution >= 0.6 is 0 Å². The molecule has 0 unspecified atom stereocenters. The lowest BCUT2D eigenvalue weighted by molar-refractivity contribution is 0.215. The van der Waals surface area contributed by atoms with E-state index in [0.717, 1.165) is 48.6 Å². The lowest BCUT2D eigenvalue weighted by Gasteiger charge is -2.34. The number of hydrogen-bond donors (Lipinski definition) is 0. The molecule has 148 valence electrons. The highest BCUT2D eigenvalue weighted by Crippen LogP contribution is 2.23. The normalized spacial score (nSPS) is 15.3. The Bertz CT molecular complexity index is 1130. The molecule has 1 fully saturated rings. The van der Waals surface area contributed by atoms with Crippen molar-refractivity contribution in [2.24, 2.45) is 7.05 Å². The van der Waals surface area contributed by atoms with Crippen LogP contribution in [0.4, 0.5) is 10.2 Å². The van der Waals surface area contributed by atoms with Crippen LogP contribution < -0.4 is 4.90 Å². The number of halogens is 1. The lowest BCUT2D eigenvalue weighted by atomic mass is 10.2. The van der Waals surface area contributed by atoms with Gasteiger partial charge in [0.05, 0.1) is 18.1 Å². The Hall–Kier alpha value is -3.40. The van der Waals surface area contributed by atoms with Crippen LogP contribution in [0.2, 0.25) is 0 Å². The topological polar surface area (TPSA) is 89.0 Å². The van der Waals surface area contributed by atoms with Gasteiger partial charge in [0.2, 0.25) is 11.7 Å². The summed E-state index contributed by atoms with van der Waals surface area (Å²) in [7, 11) is 1.88. The molecule has 1 aliphatic rings. The van der Waals surface area contributed by atoms with Crippen molar-refractivity contribution in [3.63, 3.8) is 0 Å². The van der Waals surface area contributed by atoms with Gasteiger partial charge in [0.25, 0.3) is 0 Å². The van der Waals surface area contributed by atoms with Gasteiger partial charge in [-0.1, -0.05) is 5.16 Å². The Morgan fingerprint density at radius 2 is 1.86 bits per heavy atom. The summed E-state index contributed by atoms with van der Waals surface area (Å²) in [5, 5.41) is 9.25. The van der Waals surface area contributed by atoms with E-state index >= 15 is 0 Å². The number of piperazine rings is 1. The maximum atomic E-state index is 13.1. The molecule has 4 heterocycles. The van der Waals surface area contributed by atoms with E-state index in [1.54, 1.807) is 23.1 Å². The highest BCUT2D eigenvalue weighted by molar-refractivity contribution is 5.86. The molecule has 1 saturated heterocycles. The number of fused-ring (bicyclic) bond motifs is 1. The van der Waals surface area contributed by atoms with Crippen molar-refractivity contribution in [3.05, 3.63) is 48.5 Å². The molecule has 3 aromatic heterocycles. The van der Waals surface area contributed by atoms with Crippen molar-refractivity contribution >= 4 is 16.9 Å². The van der Waals surface area contributed by atoms with Gasteiger partial charge in [-0.2, -0.15) is 10.1 Å². The number of anilines is 1. The van der Waals surface area contributed by atoms with Gasteiger partial charge in [-0.15, -0.1) is 0 Å². The second kappa shape index (κ2) is 7.21. The van der Waals surface area contributed by atoms with E-state index < -0.39 is 0 Å². The minimum Gasteiger partial charge on any atom is -0.353 e. The average Bonchev–Trinajstić information content (AvgIpc) is 3.36. The third-order valence-corrected chi connectivity index (χ3v) is 5.11. The van der Waals surface area contributed by atoms with Gasteiger partial charge >= 0.3 is 0 Å². The Morgan fingerprint density at radius 1 is 1.07 bits per heavy atom. The van der Waals surface area contributed by atoms with E-state index in [2.05, 4.69) is 35.0 Å². The Kier molecular flexibility index (Phi) is 4.39. The fourth-order valence-electron chi connectivity index (χ4n) is 3.55. The number of nitrogens with zero attached hydrogens (tertiary/aromatic N) is 8. The Balaban J connectivity index is 1.24. The van der Waals surface area contributed by atoms with Crippen molar-refractivity contribution in [3.8, 4) is 11.4 Å². The van der Waals surface area contributed by atoms with E-state index in [-0.39, 0.29) is 5.82 Å². The van der Waals surface area contributed by atoms with Crippen LogP contribution in [0.15, 0.2) is 41.3 Å². The number of aromatic nitrogens is 6. The molecule has 5 rings (SSSR count). The van der Waals surface area contributed by atoms with Crippen LogP contribution in [-0.2, 0) is 13.6 Å². The number of hydrogen-bond acceptors (Lipinski definition) is 8. The highest BCUT2D eigenvalue weighted by Gasteiger charge is 2.22. The zero-order chi connectivity index (χ0) is 19.8. The largest absolute Gasteiger partial charge is 0.353 e. The third kappa shape index (κ3) is 3.42. The van der Waals surface area contributed by atoms with Crippen LogP contribution in [0.25, 0.3) is 22.4 Å². The Labute approximate surface area is 165 Å². The molecular weight excluding hydrogens is 375 g/mol. The smallest absolute Gasteiger partial charge is 0.241 e. The number of aryl methyl sites for hydroxylation is 1. The van der Waals surface area contributed by atoms with Crippen LogP contribution in [-0.4, -0.2) is 61.0 Å². The quantitative estimate of drug-likeness (QED) is 0.518. The summed E-state index contributed by atoms with van der Waals surface area (Å²) in [5.74, 6) is 1.65. The molecule has 0 saturated carbocycles. The van der Waals surface area contributed by atoms with Gasteiger partial charge in [0.1, 0.15) is 18.0 Å². The van der Waals surface area contributed by atoms with Gasteiger partial charge < -0.3 is 9.42 Å². The summed E-state index contributed by atoms with van der Waals surface area (Å²) in [5.41, 5.74) is 1.56. The Morgan fingerprint density at radius 3 is 2.66 bits per heavy atom. The summed E-state index contributed by atoms with van der Waals surface area (Å²) in [4.78, 5) is 17.7. The van der Waals surface area contributed by atoms with Gasteiger partial charge in [-0.25, -0.2) is 14.4 Å². The second-order valence-electron chi connectivity index (χ2n) is 6.98. The number of benzene rings is 1. The monoisotopic (exact) mass is 394 g/mol. The van der Waals surface area contributed by atoms with Crippen molar-refractivity contribution in [2.45, 2.75) is 6.54 Å². The predicted molar refractivity (Wildman–Crippen MR) is 103 cm³/mol. The first kappa shape index (κ1) is 17.7. The van der Waals surface area contributed by atoms with E-state index in [0.29, 0.717) is 18.3 Å². The first-order valence-corrected chi connectivity index (χ1v) is 9.36. The highest BCUT2D eigenvalue weighted by atomic mass is 19.1. The molecule has 0 spiro atoms. The zero-order valence-electron chi connectivity index (χ0n) is 15.9. The van der Waals surface area contributed by atoms with E-state index in [1.807, 2.05) is 13.2 Å². The molecule has 0 radical (unpaired) electrons. The molecule has 10 heteroatoms. The van der Waals surface area contributed by atoms with Gasteiger partial charge in [0, 0.05) is 38.8 Å². The SMILES string of the molecule is Cn1ncc2c(N3CCN(Cc4nc(-c5ccc(F)cc5)no4)CC3)ncnc21. The van der Waals surface area contributed by atoms with Gasteiger partial charge in [-0.05, 0) is 24.3 Å². The maximum Gasteiger partial charge on any atom is 0.241 e. The summed E-state index contributed by atoms with van der Waals surface area (Å²) < 4.78 is 20.2. The minimum atomic E-state index is -0.289. The first-order chi connectivity index (χ1) is 14.2. The molecule has 0 amide bonds. The fraction of sp³-hybridized carbons (Fsp3) is 0.316. The fourth-order valence-corrected chi connectivity index (χ4v) is 3.55. The summed E-state index contributed by atoms with van der Waals surface area (Å²) in [6.07, 6.45) is 3.40. The first-order valence-electron chi connectivity index (χ1n) is 9.36. The summed E-state index contributed by atoms with van der Waals surface area (Å²) in [6.45, 7) is 3.94. The van der Waals surface area contributed by atoms with Crippen molar-refractivity contribution < 1.29 is 8.91 Å². The van der Waals surface area contributed by atoms with Crippen LogP contribution in [0, 0.1) is 5.82 Å². The standard InChI is InChI=1S/C19H19FN8O/c1-26-18-15(10-23-26)19(22-12-21-18)28-8-6-27(7-9-28)11-16-24-17(25-29-16)13-2-4-14(20)5-3-13/h2-5,10,12H,6-9,11H2,1H3. The second-order valence-corrected chi connectivity index (χ2v) is 6.98. The van der Waals surface area contributed by atoms with E-state index in [4.69, 9.17) is 4.52 Å². The van der Waals surface area contributed by atoms with E-state index in [1.165, 1.54) is 12.1 Å². The molecule has 0 aliphatic carbocycles. The van der Waals surface area contributed by atoms with Crippen LogP contribution in [0.5, 0.6) is 0 Å². The minimum absolute atomic E-state index is 0.289. The molecule has 4 aromatic rings. The zero-order valence-corrected chi connectivity index (χ0v) is 15.9. The van der Waals surface area contributed by atoms with Crippen LogP contribution in [0.1, 0.15) is 5.89 Å². The molecule has 9 nitrogen and oxygen atoms in total. The molecule has 29 heavy (non-hydrogen) atoms. The molecule has 1 aromatic carbocycles. The summed E-state index contributed by atoms with van der Waals surface area (Å²) >= 11 is 0. The van der Waals surface area contributed by atoms with Crippen molar-refractivity contribution in [1.82, 2.24) is 34.8 Å². The average molecular weight is 394 g/mol. The van der Waals surface area contributed by atoms with E-state index in [9.17, 15) is 4.39 Å². The number of rotatable bonds is 4. The van der Waals surface area contributed by atoms with Gasteiger partial charge in [-0.3, -0.25) is 9.58 Å². The molecule has 1 aliphatic heterocycles. The third-order valence-electron chi connectivity index (χ3n) is 5.11. The van der Waals surface area contributed by atoms with Crippen molar-refractivity contribution in [2.75, 3.05) is 31.1 Å². The molecule has 0 atom stereocenters. The lowest BCUT2D eigenvalue weighted by Crippen LogP contribution is -2.46.